The van der Waals surface area contributed by atoms with Gasteiger partial charge < -0.3 is 14.4 Å². The van der Waals surface area contributed by atoms with Crippen LogP contribution in [0.15, 0.2) is 35.3 Å². The van der Waals surface area contributed by atoms with Gasteiger partial charge in [-0.05, 0) is 30.9 Å². The number of rotatable bonds is 4. The molecule has 128 valence electrons. The van der Waals surface area contributed by atoms with Crippen LogP contribution >= 0.6 is 0 Å². The molecule has 2 heterocycles. The Labute approximate surface area is 142 Å². The van der Waals surface area contributed by atoms with Crippen molar-refractivity contribution in [2.24, 2.45) is 10.9 Å². The molecule has 2 fully saturated rings. The number of amidine groups is 1. The van der Waals surface area contributed by atoms with E-state index >= 15 is 0 Å². The van der Waals surface area contributed by atoms with Crippen LogP contribution in [0.1, 0.15) is 38.5 Å². The smallest absolute Gasteiger partial charge is 0.295 e. The van der Waals surface area contributed by atoms with Crippen LogP contribution in [-0.2, 0) is 9.53 Å². The Morgan fingerprint density at radius 3 is 2.75 bits per heavy atom. The van der Waals surface area contributed by atoms with Crippen LogP contribution in [0.4, 0.5) is 0 Å². The van der Waals surface area contributed by atoms with E-state index in [9.17, 15) is 4.79 Å². The molecule has 1 aromatic rings. The number of benzene rings is 1. The van der Waals surface area contributed by atoms with Crippen molar-refractivity contribution in [2.45, 2.75) is 50.7 Å². The van der Waals surface area contributed by atoms with Crippen molar-refractivity contribution in [3.8, 4) is 5.75 Å². The fourth-order valence-corrected chi connectivity index (χ4v) is 3.99. The highest BCUT2D eigenvalue weighted by atomic mass is 16.6. The van der Waals surface area contributed by atoms with Gasteiger partial charge in [0.1, 0.15) is 11.9 Å². The normalized spacial score (nSPS) is 25.7. The van der Waals surface area contributed by atoms with Gasteiger partial charge in [0.25, 0.3) is 11.9 Å². The second-order valence-corrected chi connectivity index (χ2v) is 6.93. The molecule has 2 aliphatic heterocycles. The fourth-order valence-electron chi connectivity index (χ4n) is 3.99. The van der Waals surface area contributed by atoms with Gasteiger partial charge in [0.15, 0.2) is 6.10 Å². The Balaban J connectivity index is 1.54. The average molecular weight is 328 g/mol. The molecule has 2 unspecified atom stereocenters. The molecule has 5 heteroatoms. The van der Waals surface area contributed by atoms with Crippen LogP contribution in [0.25, 0.3) is 0 Å². The van der Waals surface area contributed by atoms with Crippen molar-refractivity contribution in [3.63, 3.8) is 0 Å². The SMILES string of the molecule is O=C1CCN2CC(C(Oc3ccccc3)C3CCCCC3)OC2=N1. The maximum absolute atomic E-state index is 11.5. The number of amides is 1. The zero-order valence-electron chi connectivity index (χ0n) is 13.9. The minimum atomic E-state index is -0.0832. The van der Waals surface area contributed by atoms with Crippen LogP contribution < -0.4 is 4.74 Å². The molecule has 2 atom stereocenters. The molecule has 0 spiro atoms. The first-order valence-electron chi connectivity index (χ1n) is 9.04. The first kappa shape index (κ1) is 15.5. The quantitative estimate of drug-likeness (QED) is 0.852. The highest BCUT2D eigenvalue weighted by molar-refractivity contribution is 5.93. The van der Waals surface area contributed by atoms with Crippen molar-refractivity contribution < 1.29 is 14.3 Å². The predicted octanol–water partition coefficient (Wildman–Crippen LogP) is 3.00. The lowest BCUT2D eigenvalue weighted by Gasteiger charge is -2.33. The van der Waals surface area contributed by atoms with Gasteiger partial charge in [-0.2, -0.15) is 4.99 Å². The summed E-state index contributed by atoms with van der Waals surface area (Å²) in [7, 11) is 0. The van der Waals surface area contributed by atoms with Gasteiger partial charge in [0, 0.05) is 13.0 Å². The number of para-hydroxylation sites is 1. The summed E-state index contributed by atoms with van der Waals surface area (Å²) >= 11 is 0. The van der Waals surface area contributed by atoms with Crippen LogP contribution in [0.2, 0.25) is 0 Å². The van der Waals surface area contributed by atoms with Gasteiger partial charge in [-0.3, -0.25) is 4.79 Å². The fraction of sp³-hybridized carbons (Fsp3) is 0.579. The summed E-state index contributed by atoms with van der Waals surface area (Å²) < 4.78 is 12.4. The summed E-state index contributed by atoms with van der Waals surface area (Å²) in [6.45, 7) is 1.47. The second-order valence-electron chi connectivity index (χ2n) is 6.93. The van der Waals surface area contributed by atoms with Crippen molar-refractivity contribution in [2.75, 3.05) is 13.1 Å². The van der Waals surface area contributed by atoms with Crippen molar-refractivity contribution >= 4 is 11.9 Å². The number of ether oxygens (including phenoxy) is 2. The van der Waals surface area contributed by atoms with E-state index < -0.39 is 0 Å². The molecule has 24 heavy (non-hydrogen) atoms. The molecule has 5 nitrogen and oxygen atoms in total. The topological polar surface area (TPSA) is 51.1 Å². The Morgan fingerprint density at radius 1 is 1.17 bits per heavy atom. The monoisotopic (exact) mass is 328 g/mol. The molecule has 4 rings (SSSR count). The summed E-state index contributed by atoms with van der Waals surface area (Å²) in [5.74, 6) is 1.31. The molecule has 3 aliphatic rings. The van der Waals surface area contributed by atoms with E-state index in [4.69, 9.17) is 9.47 Å². The molecule has 1 aliphatic carbocycles. The Kier molecular flexibility index (Phi) is 4.41. The number of hydrogen-bond acceptors (Lipinski definition) is 4. The van der Waals surface area contributed by atoms with Crippen LogP contribution in [0, 0.1) is 5.92 Å². The van der Waals surface area contributed by atoms with Crippen LogP contribution in [0.3, 0.4) is 0 Å². The van der Waals surface area contributed by atoms with Gasteiger partial charge in [0.2, 0.25) is 0 Å². The lowest BCUT2D eigenvalue weighted by Crippen LogP contribution is -2.42. The Bertz CT molecular complexity index is 610. The third-order valence-corrected chi connectivity index (χ3v) is 5.24. The van der Waals surface area contributed by atoms with E-state index in [1.807, 2.05) is 30.3 Å². The summed E-state index contributed by atoms with van der Waals surface area (Å²) in [6.07, 6.45) is 6.63. The first-order valence-corrected chi connectivity index (χ1v) is 9.04. The molecule has 1 aromatic carbocycles. The molecular formula is C19H24N2O3. The number of carbonyl (C=O) groups excluding carboxylic acids is 1. The van der Waals surface area contributed by atoms with E-state index in [-0.39, 0.29) is 18.1 Å². The maximum atomic E-state index is 11.5. The summed E-state index contributed by atoms with van der Waals surface area (Å²) in [5, 5.41) is 0. The maximum Gasteiger partial charge on any atom is 0.295 e. The minimum absolute atomic E-state index is 0.0103. The molecule has 1 saturated carbocycles. The average Bonchev–Trinajstić information content (AvgIpc) is 3.04. The van der Waals surface area contributed by atoms with Gasteiger partial charge >= 0.3 is 0 Å². The van der Waals surface area contributed by atoms with E-state index in [0.717, 1.165) is 12.3 Å². The van der Waals surface area contributed by atoms with Gasteiger partial charge in [-0.25, -0.2) is 0 Å². The summed E-state index contributed by atoms with van der Waals surface area (Å²) in [6, 6.07) is 10.5. The van der Waals surface area contributed by atoms with E-state index in [1.54, 1.807) is 0 Å². The molecule has 0 aromatic heterocycles. The highest BCUT2D eigenvalue weighted by Gasteiger charge is 2.42. The highest BCUT2D eigenvalue weighted by Crippen LogP contribution is 2.33. The lowest BCUT2D eigenvalue weighted by atomic mass is 9.83. The Morgan fingerprint density at radius 2 is 1.96 bits per heavy atom. The molecule has 1 saturated heterocycles. The molecular weight excluding hydrogens is 304 g/mol. The summed E-state index contributed by atoms with van der Waals surface area (Å²) in [5.41, 5.74) is 0. The number of aliphatic imine (C=N–C) groups is 1. The number of hydrogen-bond donors (Lipinski definition) is 0. The van der Waals surface area contributed by atoms with Crippen LogP contribution in [0.5, 0.6) is 5.75 Å². The number of fused-ring (bicyclic) bond motifs is 1. The van der Waals surface area contributed by atoms with Gasteiger partial charge in [0.05, 0.1) is 6.54 Å². The molecule has 0 N–H and O–H groups in total. The third kappa shape index (κ3) is 3.25. The van der Waals surface area contributed by atoms with Crippen molar-refractivity contribution in [1.82, 2.24) is 4.90 Å². The predicted molar refractivity (Wildman–Crippen MR) is 90.9 cm³/mol. The van der Waals surface area contributed by atoms with E-state index in [2.05, 4.69) is 9.89 Å². The largest absolute Gasteiger partial charge is 0.486 e. The van der Waals surface area contributed by atoms with Crippen LogP contribution in [-0.4, -0.2) is 42.1 Å². The van der Waals surface area contributed by atoms with E-state index in [1.165, 1.54) is 32.1 Å². The molecule has 0 radical (unpaired) electrons. The Hall–Kier alpha value is -2.04. The lowest BCUT2D eigenvalue weighted by molar-refractivity contribution is -0.118. The minimum Gasteiger partial charge on any atom is -0.486 e. The third-order valence-electron chi connectivity index (χ3n) is 5.24. The van der Waals surface area contributed by atoms with Crippen molar-refractivity contribution in [3.05, 3.63) is 30.3 Å². The molecule has 0 bridgehead atoms. The standard InChI is InChI=1S/C19H24N2O3/c22-17-11-12-21-13-16(24-19(21)20-17)18(14-7-3-1-4-8-14)23-15-9-5-2-6-10-15/h2,5-6,9-10,14,16,18H,1,3-4,7-8,11-13H2. The number of nitrogens with zero attached hydrogens (tertiary/aromatic N) is 2. The zero-order chi connectivity index (χ0) is 16.4. The molecule has 1 amide bonds. The van der Waals surface area contributed by atoms with Crippen molar-refractivity contribution in [1.29, 1.82) is 0 Å². The zero-order valence-corrected chi connectivity index (χ0v) is 13.9. The van der Waals surface area contributed by atoms with E-state index in [0.29, 0.717) is 24.9 Å². The second kappa shape index (κ2) is 6.83. The first-order chi connectivity index (χ1) is 11.8. The van der Waals surface area contributed by atoms with Gasteiger partial charge in [-0.1, -0.05) is 37.5 Å². The number of carbonyl (C=O) groups is 1. The van der Waals surface area contributed by atoms with Gasteiger partial charge in [-0.15, -0.1) is 0 Å². The summed E-state index contributed by atoms with van der Waals surface area (Å²) in [4.78, 5) is 17.7.